The molecule has 0 bridgehead atoms. The number of ether oxygens (including phenoxy) is 3. The highest BCUT2D eigenvalue weighted by Gasteiger charge is 2.10. The van der Waals surface area contributed by atoms with Crippen LogP contribution in [0.2, 0.25) is 0 Å². The highest BCUT2D eigenvalue weighted by atomic mass is 32.1. The molecule has 0 atom stereocenters. The molecule has 0 aliphatic heterocycles. The first-order chi connectivity index (χ1) is 10.3. The van der Waals surface area contributed by atoms with Crippen molar-refractivity contribution in [2.45, 2.75) is 19.6 Å². The first-order valence-electron chi connectivity index (χ1n) is 6.61. The molecule has 0 amide bonds. The van der Waals surface area contributed by atoms with Crippen LogP contribution in [0.3, 0.4) is 0 Å². The Hall–Kier alpha value is -1.63. The number of aliphatic hydroxyl groups excluding tert-OH is 1. The lowest BCUT2D eigenvalue weighted by Crippen LogP contribution is -2.02. The van der Waals surface area contributed by atoms with Crippen molar-refractivity contribution in [3.05, 3.63) is 39.8 Å². The third-order valence-electron chi connectivity index (χ3n) is 2.89. The van der Waals surface area contributed by atoms with E-state index in [1.807, 2.05) is 24.3 Å². The summed E-state index contributed by atoms with van der Waals surface area (Å²) in [6, 6.07) is 7.54. The largest absolute Gasteiger partial charge is 0.493 e. The van der Waals surface area contributed by atoms with Gasteiger partial charge >= 0.3 is 0 Å². The van der Waals surface area contributed by atoms with Crippen molar-refractivity contribution in [1.29, 1.82) is 0 Å². The predicted octanol–water partition coefficient (Wildman–Crippen LogP) is 2.41. The van der Waals surface area contributed by atoms with Crippen LogP contribution in [0.4, 0.5) is 0 Å². The van der Waals surface area contributed by atoms with Gasteiger partial charge in [-0.15, -0.1) is 11.3 Å². The van der Waals surface area contributed by atoms with E-state index in [1.165, 1.54) is 11.3 Å². The fourth-order valence-corrected chi connectivity index (χ4v) is 2.82. The molecule has 1 N–H and O–H groups in total. The van der Waals surface area contributed by atoms with E-state index in [1.54, 1.807) is 14.2 Å². The van der Waals surface area contributed by atoms with Crippen LogP contribution in [0.1, 0.15) is 15.6 Å². The summed E-state index contributed by atoms with van der Waals surface area (Å²) in [7, 11) is 3.23. The third kappa shape index (κ3) is 4.17. The molecule has 1 aromatic heterocycles. The summed E-state index contributed by atoms with van der Waals surface area (Å²) in [5, 5.41) is 10.2. The lowest BCUT2D eigenvalue weighted by Gasteiger charge is -2.09. The molecular weight excluding hydrogens is 290 g/mol. The summed E-state index contributed by atoms with van der Waals surface area (Å²) in [6.07, 6.45) is 0.680. The molecule has 0 spiro atoms. The molecule has 0 fully saturated rings. The molecule has 2 aromatic rings. The van der Waals surface area contributed by atoms with E-state index in [0.717, 1.165) is 21.3 Å². The number of aliphatic hydroxyl groups is 1. The first-order valence-corrected chi connectivity index (χ1v) is 7.43. The van der Waals surface area contributed by atoms with Crippen LogP contribution in [0.15, 0.2) is 24.3 Å². The van der Waals surface area contributed by atoms with Crippen LogP contribution in [0.5, 0.6) is 11.5 Å². The molecule has 0 unspecified atom stereocenters. The minimum absolute atomic E-state index is 0.0102. The summed E-state index contributed by atoms with van der Waals surface area (Å²) in [6.45, 7) is 0.911. The van der Waals surface area contributed by atoms with Crippen molar-refractivity contribution in [1.82, 2.24) is 4.98 Å². The van der Waals surface area contributed by atoms with Crippen LogP contribution in [-0.2, 0) is 24.4 Å². The molecular formula is C15H19NO4S. The smallest absolute Gasteiger partial charge is 0.161 e. The summed E-state index contributed by atoms with van der Waals surface area (Å²) < 4.78 is 16.0. The van der Waals surface area contributed by atoms with Gasteiger partial charge in [-0.05, 0) is 12.1 Å². The monoisotopic (exact) mass is 309 g/mol. The normalized spacial score (nSPS) is 10.6. The maximum atomic E-state index is 9.30. The van der Waals surface area contributed by atoms with Gasteiger partial charge in [0.1, 0.15) is 0 Å². The van der Waals surface area contributed by atoms with Crippen molar-refractivity contribution < 1.29 is 19.3 Å². The minimum atomic E-state index is -0.0102. The standard InChI is InChI=1S/C15H19NO4S/c1-18-10-11-14(9-17)21-15(16-11)7-8-20-13-6-4-3-5-12(13)19-2/h3-6,17H,7-10H2,1-2H3. The Morgan fingerprint density at radius 3 is 2.62 bits per heavy atom. The number of para-hydroxylation sites is 2. The Balaban J connectivity index is 1.94. The van der Waals surface area contributed by atoms with E-state index in [0.29, 0.717) is 25.4 Å². The van der Waals surface area contributed by atoms with Crippen molar-refractivity contribution in [2.75, 3.05) is 20.8 Å². The van der Waals surface area contributed by atoms with Crippen LogP contribution in [0.25, 0.3) is 0 Å². The number of thiazole rings is 1. The highest BCUT2D eigenvalue weighted by molar-refractivity contribution is 7.11. The molecule has 0 radical (unpaired) electrons. The Labute approximate surface area is 128 Å². The van der Waals surface area contributed by atoms with Crippen LogP contribution < -0.4 is 9.47 Å². The van der Waals surface area contributed by atoms with Gasteiger partial charge in [-0.25, -0.2) is 4.98 Å². The zero-order valence-corrected chi connectivity index (χ0v) is 13.0. The predicted molar refractivity (Wildman–Crippen MR) is 80.9 cm³/mol. The molecule has 0 saturated carbocycles. The van der Waals surface area contributed by atoms with Gasteiger partial charge in [0.25, 0.3) is 0 Å². The van der Waals surface area contributed by atoms with Crippen LogP contribution >= 0.6 is 11.3 Å². The van der Waals surface area contributed by atoms with E-state index in [9.17, 15) is 5.11 Å². The van der Waals surface area contributed by atoms with Crippen molar-refractivity contribution in [3.8, 4) is 11.5 Å². The number of hydrogen-bond acceptors (Lipinski definition) is 6. The molecule has 0 aliphatic carbocycles. The van der Waals surface area contributed by atoms with Gasteiger partial charge in [0.2, 0.25) is 0 Å². The minimum Gasteiger partial charge on any atom is -0.493 e. The van der Waals surface area contributed by atoms with Gasteiger partial charge in [0.15, 0.2) is 11.5 Å². The van der Waals surface area contributed by atoms with Crippen molar-refractivity contribution in [2.24, 2.45) is 0 Å². The molecule has 5 nitrogen and oxygen atoms in total. The summed E-state index contributed by atoms with van der Waals surface area (Å²) in [5.41, 5.74) is 0.803. The Bertz CT molecular complexity index is 571. The number of benzene rings is 1. The second kappa shape index (κ2) is 7.97. The molecule has 1 heterocycles. The van der Waals surface area contributed by atoms with Gasteiger partial charge in [0.05, 0.1) is 42.5 Å². The fourth-order valence-electron chi connectivity index (χ4n) is 1.90. The Kier molecular flexibility index (Phi) is 5.98. The topological polar surface area (TPSA) is 60.8 Å². The molecule has 0 saturated heterocycles. The molecule has 2 rings (SSSR count). The van der Waals surface area contributed by atoms with E-state index < -0.39 is 0 Å². The van der Waals surface area contributed by atoms with E-state index >= 15 is 0 Å². The molecule has 1 aromatic carbocycles. The fraction of sp³-hybridized carbons (Fsp3) is 0.400. The summed E-state index contributed by atoms with van der Waals surface area (Å²) in [4.78, 5) is 5.32. The zero-order chi connectivity index (χ0) is 15.1. The maximum absolute atomic E-state index is 9.30. The Morgan fingerprint density at radius 2 is 1.95 bits per heavy atom. The average Bonchev–Trinajstić information content (AvgIpc) is 2.90. The van der Waals surface area contributed by atoms with Gasteiger partial charge < -0.3 is 19.3 Å². The molecule has 6 heteroatoms. The molecule has 21 heavy (non-hydrogen) atoms. The second-order valence-corrected chi connectivity index (χ2v) is 5.49. The highest BCUT2D eigenvalue weighted by Crippen LogP contribution is 2.26. The first kappa shape index (κ1) is 15.8. The van der Waals surface area contributed by atoms with Crippen LogP contribution in [-0.4, -0.2) is 30.9 Å². The van der Waals surface area contributed by atoms with Crippen molar-refractivity contribution in [3.63, 3.8) is 0 Å². The van der Waals surface area contributed by atoms with E-state index in [-0.39, 0.29) is 6.61 Å². The average molecular weight is 309 g/mol. The quantitative estimate of drug-likeness (QED) is 0.811. The molecule has 114 valence electrons. The van der Waals surface area contributed by atoms with Gasteiger partial charge in [-0.3, -0.25) is 0 Å². The SMILES string of the molecule is COCc1nc(CCOc2ccccc2OC)sc1CO. The number of aromatic nitrogens is 1. The second-order valence-electron chi connectivity index (χ2n) is 4.32. The lowest BCUT2D eigenvalue weighted by atomic mass is 10.3. The van der Waals surface area contributed by atoms with E-state index in [4.69, 9.17) is 14.2 Å². The van der Waals surface area contributed by atoms with Gasteiger partial charge in [-0.1, -0.05) is 12.1 Å². The molecule has 0 aliphatic rings. The number of methoxy groups -OCH3 is 2. The third-order valence-corrected chi connectivity index (χ3v) is 4.03. The number of nitrogens with zero attached hydrogens (tertiary/aromatic N) is 1. The van der Waals surface area contributed by atoms with Gasteiger partial charge in [-0.2, -0.15) is 0 Å². The van der Waals surface area contributed by atoms with Gasteiger partial charge in [0, 0.05) is 13.5 Å². The summed E-state index contributed by atoms with van der Waals surface area (Å²) in [5.74, 6) is 1.43. The summed E-state index contributed by atoms with van der Waals surface area (Å²) >= 11 is 1.49. The van der Waals surface area contributed by atoms with E-state index in [2.05, 4.69) is 4.98 Å². The number of rotatable bonds is 8. The number of hydrogen-bond donors (Lipinski definition) is 1. The zero-order valence-electron chi connectivity index (χ0n) is 12.2. The van der Waals surface area contributed by atoms with Crippen molar-refractivity contribution >= 4 is 11.3 Å². The maximum Gasteiger partial charge on any atom is 0.161 e. The Morgan fingerprint density at radius 1 is 1.19 bits per heavy atom. The lowest BCUT2D eigenvalue weighted by molar-refractivity contribution is 0.178. The van der Waals surface area contributed by atoms with Crippen LogP contribution in [0, 0.1) is 0 Å².